The topological polar surface area (TPSA) is 81.4 Å². The summed E-state index contributed by atoms with van der Waals surface area (Å²) in [6, 6.07) is 6.25. The molecule has 3 N–H and O–H groups in total. The van der Waals surface area contributed by atoms with E-state index in [0.29, 0.717) is 11.3 Å². The van der Waals surface area contributed by atoms with Crippen LogP contribution in [0.5, 0.6) is 0 Å². The molecule has 21 heavy (non-hydrogen) atoms. The van der Waals surface area contributed by atoms with Crippen LogP contribution in [0.1, 0.15) is 58.8 Å². The quantitative estimate of drug-likeness (QED) is 0.858. The molecule has 0 radical (unpaired) electrons. The number of primary amides is 1. The lowest BCUT2D eigenvalue weighted by atomic mass is 10.2. The molecule has 0 fully saturated rings. The van der Waals surface area contributed by atoms with Crippen molar-refractivity contribution in [2.45, 2.75) is 54.1 Å². The number of benzene rings is 1. The van der Waals surface area contributed by atoms with Gasteiger partial charge >= 0.3 is 6.09 Å². The number of amides is 2. The number of hydrogen-bond acceptors (Lipinski definition) is 3. The van der Waals surface area contributed by atoms with Crippen molar-refractivity contribution in [3.05, 3.63) is 29.8 Å². The first-order valence-corrected chi connectivity index (χ1v) is 7.18. The molecule has 0 bridgehead atoms. The second kappa shape index (κ2) is 10.7. The van der Waals surface area contributed by atoms with Gasteiger partial charge in [-0.3, -0.25) is 10.1 Å². The van der Waals surface area contributed by atoms with Gasteiger partial charge in [-0.25, -0.2) is 4.79 Å². The van der Waals surface area contributed by atoms with Crippen LogP contribution in [0.15, 0.2) is 24.3 Å². The average molecular weight is 296 g/mol. The van der Waals surface area contributed by atoms with E-state index in [1.54, 1.807) is 32.9 Å². The molecule has 0 aliphatic heterocycles. The summed E-state index contributed by atoms with van der Waals surface area (Å²) in [7, 11) is 0. The van der Waals surface area contributed by atoms with Gasteiger partial charge in [0.25, 0.3) is 0 Å². The molecule has 0 aromatic heterocycles. The van der Waals surface area contributed by atoms with E-state index in [2.05, 4.69) is 5.32 Å². The monoisotopic (exact) mass is 296 g/mol. The van der Waals surface area contributed by atoms with Crippen molar-refractivity contribution in [2.24, 2.45) is 5.73 Å². The summed E-state index contributed by atoms with van der Waals surface area (Å²) in [5.74, 6) is -0.506. The molecule has 5 nitrogen and oxygen atoms in total. The Kier molecular flexibility index (Phi) is 10.8. The van der Waals surface area contributed by atoms with Gasteiger partial charge in [0.1, 0.15) is 5.60 Å². The lowest BCUT2D eigenvalue weighted by molar-refractivity contribution is 0.0636. The number of ether oxygens (including phenoxy) is 1. The molecular formula is C16H28N2O3. The Morgan fingerprint density at radius 2 is 1.43 bits per heavy atom. The van der Waals surface area contributed by atoms with E-state index in [9.17, 15) is 9.59 Å². The van der Waals surface area contributed by atoms with E-state index < -0.39 is 17.6 Å². The van der Waals surface area contributed by atoms with Crippen LogP contribution in [0, 0.1) is 0 Å². The first kappa shape index (κ1) is 21.3. The molecule has 1 aromatic carbocycles. The number of carbonyl (C=O) groups excluding carboxylic acids is 2. The predicted octanol–water partition coefficient (Wildman–Crippen LogP) is 4.18. The van der Waals surface area contributed by atoms with Gasteiger partial charge in [-0.05, 0) is 45.0 Å². The molecular weight excluding hydrogens is 268 g/mol. The van der Waals surface area contributed by atoms with Gasteiger partial charge in [-0.1, -0.05) is 27.7 Å². The van der Waals surface area contributed by atoms with Crippen LogP contribution in [-0.4, -0.2) is 17.6 Å². The molecule has 0 saturated carbocycles. The predicted molar refractivity (Wildman–Crippen MR) is 87.5 cm³/mol. The number of nitrogens with one attached hydrogen (secondary N) is 1. The maximum absolute atomic E-state index is 11.4. The Bertz CT molecular complexity index is 420. The molecule has 0 atom stereocenters. The van der Waals surface area contributed by atoms with E-state index in [1.165, 1.54) is 12.1 Å². The minimum atomic E-state index is -0.544. The third-order valence-corrected chi connectivity index (χ3v) is 1.81. The highest BCUT2D eigenvalue weighted by Crippen LogP contribution is 2.12. The lowest BCUT2D eigenvalue weighted by Crippen LogP contribution is -2.27. The summed E-state index contributed by atoms with van der Waals surface area (Å²) in [6.07, 6.45) is -0.538. The summed E-state index contributed by atoms with van der Waals surface area (Å²) >= 11 is 0. The van der Waals surface area contributed by atoms with Crippen molar-refractivity contribution in [1.29, 1.82) is 0 Å². The summed E-state index contributed by atoms with van der Waals surface area (Å²) < 4.78 is 5.08. The maximum atomic E-state index is 11.4. The fraction of sp³-hybridized carbons (Fsp3) is 0.500. The molecule has 2 amide bonds. The standard InChI is InChI=1S/C12H16N2O3.2C2H6/c1-12(2,3)17-11(16)14-9-6-4-8(5-7-9)10(13)15;2*1-2/h4-7H,1-3H3,(H2,13,15)(H,14,16);2*1-2H3. The van der Waals surface area contributed by atoms with Gasteiger partial charge in [0.05, 0.1) is 0 Å². The molecule has 0 heterocycles. The zero-order valence-corrected chi connectivity index (χ0v) is 14.1. The number of nitrogens with two attached hydrogens (primary N) is 1. The van der Waals surface area contributed by atoms with Crippen molar-refractivity contribution in [3.8, 4) is 0 Å². The zero-order valence-electron chi connectivity index (χ0n) is 14.1. The Hall–Kier alpha value is -2.04. The minimum Gasteiger partial charge on any atom is -0.444 e. The van der Waals surface area contributed by atoms with Crippen molar-refractivity contribution in [1.82, 2.24) is 0 Å². The first-order chi connectivity index (χ1) is 9.78. The van der Waals surface area contributed by atoms with Crippen LogP contribution in [-0.2, 0) is 4.74 Å². The smallest absolute Gasteiger partial charge is 0.412 e. The Labute approximate surface area is 127 Å². The first-order valence-electron chi connectivity index (χ1n) is 7.18. The average Bonchev–Trinajstić information content (AvgIpc) is 2.41. The Morgan fingerprint density at radius 3 is 1.76 bits per heavy atom. The normalized spacial score (nSPS) is 9.29. The van der Waals surface area contributed by atoms with Crippen LogP contribution in [0.2, 0.25) is 0 Å². The molecule has 0 aliphatic carbocycles. The number of hydrogen-bond donors (Lipinski definition) is 2. The van der Waals surface area contributed by atoms with Crippen molar-refractivity contribution in [2.75, 3.05) is 5.32 Å². The van der Waals surface area contributed by atoms with Crippen molar-refractivity contribution in [3.63, 3.8) is 0 Å². The minimum absolute atomic E-state index is 0.389. The van der Waals surface area contributed by atoms with Gasteiger partial charge in [0, 0.05) is 11.3 Å². The van der Waals surface area contributed by atoms with Crippen LogP contribution in [0.4, 0.5) is 10.5 Å². The number of anilines is 1. The van der Waals surface area contributed by atoms with Crippen LogP contribution in [0.25, 0.3) is 0 Å². The molecule has 120 valence electrons. The van der Waals surface area contributed by atoms with Gasteiger partial charge in [0.2, 0.25) is 5.91 Å². The zero-order chi connectivity index (χ0) is 17.1. The van der Waals surface area contributed by atoms with Crippen molar-refractivity contribution < 1.29 is 14.3 Å². The highest BCUT2D eigenvalue weighted by molar-refractivity contribution is 5.93. The molecule has 1 aromatic rings. The van der Waals surface area contributed by atoms with Gasteiger partial charge < -0.3 is 10.5 Å². The van der Waals surface area contributed by atoms with Gasteiger partial charge in [-0.15, -0.1) is 0 Å². The van der Waals surface area contributed by atoms with E-state index in [1.807, 2.05) is 27.7 Å². The second-order valence-corrected chi connectivity index (χ2v) is 4.57. The van der Waals surface area contributed by atoms with Gasteiger partial charge in [-0.2, -0.15) is 0 Å². The molecule has 0 saturated heterocycles. The van der Waals surface area contributed by atoms with E-state index in [0.717, 1.165) is 0 Å². The van der Waals surface area contributed by atoms with E-state index in [-0.39, 0.29) is 0 Å². The summed E-state index contributed by atoms with van der Waals surface area (Å²) in [4.78, 5) is 22.3. The maximum Gasteiger partial charge on any atom is 0.412 e. The second-order valence-electron chi connectivity index (χ2n) is 4.57. The van der Waals surface area contributed by atoms with E-state index in [4.69, 9.17) is 10.5 Å². The third kappa shape index (κ3) is 10.4. The Morgan fingerprint density at radius 1 is 1.00 bits per heavy atom. The summed E-state index contributed by atoms with van der Waals surface area (Å²) in [5, 5.41) is 2.55. The number of rotatable bonds is 2. The SMILES string of the molecule is CC.CC.CC(C)(C)OC(=O)Nc1ccc(C(N)=O)cc1. The third-order valence-electron chi connectivity index (χ3n) is 1.81. The lowest BCUT2D eigenvalue weighted by Gasteiger charge is -2.19. The summed E-state index contributed by atoms with van der Waals surface area (Å²) in [5.41, 5.74) is 5.49. The fourth-order valence-electron chi connectivity index (χ4n) is 1.14. The highest BCUT2D eigenvalue weighted by atomic mass is 16.6. The van der Waals surface area contributed by atoms with Crippen LogP contribution in [0.3, 0.4) is 0 Å². The number of carbonyl (C=O) groups is 2. The largest absolute Gasteiger partial charge is 0.444 e. The van der Waals surface area contributed by atoms with Crippen LogP contribution < -0.4 is 11.1 Å². The molecule has 5 heteroatoms. The molecule has 0 spiro atoms. The van der Waals surface area contributed by atoms with Gasteiger partial charge in [0.15, 0.2) is 0 Å². The summed E-state index contributed by atoms with van der Waals surface area (Å²) in [6.45, 7) is 13.3. The highest BCUT2D eigenvalue weighted by Gasteiger charge is 2.16. The van der Waals surface area contributed by atoms with Crippen molar-refractivity contribution >= 4 is 17.7 Å². The molecule has 1 rings (SSSR count). The van der Waals surface area contributed by atoms with E-state index >= 15 is 0 Å². The molecule has 0 aliphatic rings. The van der Waals surface area contributed by atoms with Crippen LogP contribution >= 0.6 is 0 Å². The Balaban J connectivity index is 0. The molecule has 0 unspecified atom stereocenters. The fourth-order valence-corrected chi connectivity index (χ4v) is 1.14.